The number of carboxylic acid groups (broad SMARTS) is 1. The molecular weight excluding hydrogens is 366 g/mol. The highest BCUT2D eigenvalue weighted by Gasteiger charge is 2.36. The average Bonchev–Trinajstić information content (AvgIpc) is 2.94. The van der Waals surface area contributed by atoms with E-state index in [1.807, 2.05) is 13.8 Å². The highest BCUT2D eigenvalue weighted by atomic mass is 16.6. The molecule has 2 aromatic rings. The Morgan fingerprint density at radius 1 is 1.32 bits per heavy atom. The molecule has 0 saturated carbocycles. The van der Waals surface area contributed by atoms with E-state index in [-0.39, 0.29) is 22.4 Å². The number of fused-ring (bicyclic) bond motifs is 1. The average molecular weight is 385 g/mol. The van der Waals surface area contributed by atoms with Gasteiger partial charge < -0.3 is 9.52 Å². The van der Waals surface area contributed by atoms with Crippen molar-refractivity contribution < 1.29 is 24.0 Å². The normalized spacial score (nSPS) is 16.5. The van der Waals surface area contributed by atoms with Crippen molar-refractivity contribution >= 4 is 23.3 Å². The van der Waals surface area contributed by atoms with Crippen LogP contribution in [0.3, 0.4) is 0 Å². The zero-order valence-electron chi connectivity index (χ0n) is 15.6. The largest absolute Gasteiger partial charge is 0.475 e. The first-order valence-electron chi connectivity index (χ1n) is 8.56. The van der Waals surface area contributed by atoms with Crippen LogP contribution in [0, 0.1) is 22.5 Å². The summed E-state index contributed by atoms with van der Waals surface area (Å²) in [6, 6.07) is 5.32. The fourth-order valence-corrected chi connectivity index (χ4v) is 3.36. The van der Waals surface area contributed by atoms with Crippen molar-refractivity contribution in [1.82, 2.24) is 5.43 Å². The number of benzene rings is 1. The smallest absolute Gasteiger partial charge is 0.372 e. The van der Waals surface area contributed by atoms with Gasteiger partial charge in [-0.1, -0.05) is 19.9 Å². The number of carbonyl (C=O) groups excluding carboxylic acids is 1. The second kappa shape index (κ2) is 6.91. The van der Waals surface area contributed by atoms with Crippen LogP contribution < -0.4 is 5.43 Å². The summed E-state index contributed by atoms with van der Waals surface area (Å²) < 4.78 is 5.53. The van der Waals surface area contributed by atoms with Crippen LogP contribution in [0.4, 0.5) is 5.69 Å². The Kier molecular flexibility index (Phi) is 4.76. The number of aromatic carboxylic acids is 1. The third-order valence-corrected chi connectivity index (χ3v) is 4.60. The summed E-state index contributed by atoms with van der Waals surface area (Å²) in [5.41, 5.74) is 3.65. The SMILES string of the molecule is Cc1c(C(=O)O)oc2c1/C(=N/NC(=O)c1cccc([N+](=O)[O-])c1)CC(C)(C)C2. The van der Waals surface area contributed by atoms with Crippen LogP contribution in [0.15, 0.2) is 33.8 Å². The standard InChI is InChI=1S/C19H19N3O6/c1-10-15-13(8-19(2,3)9-14(15)28-16(10)18(24)25)20-21-17(23)11-5-4-6-12(7-11)22(26)27/h4-7H,8-9H2,1-3H3,(H,21,23)(H,24,25)/b20-13+. The Morgan fingerprint density at radius 2 is 2.04 bits per heavy atom. The first-order chi connectivity index (χ1) is 13.1. The van der Waals surface area contributed by atoms with Gasteiger partial charge in [-0.15, -0.1) is 0 Å². The van der Waals surface area contributed by atoms with Crippen LogP contribution in [-0.4, -0.2) is 27.6 Å². The summed E-state index contributed by atoms with van der Waals surface area (Å²) in [6.45, 7) is 5.63. The maximum atomic E-state index is 12.4. The highest BCUT2D eigenvalue weighted by molar-refractivity contribution is 6.07. The van der Waals surface area contributed by atoms with Crippen LogP contribution in [0.5, 0.6) is 0 Å². The number of hydrogen-bond acceptors (Lipinski definition) is 6. The topological polar surface area (TPSA) is 135 Å². The molecule has 0 bridgehead atoms. The van der Waals surface area contributed by atoms with Crippen LogP contribution in [0.1, 0.15) is 58.1 Å². The maximum Gasteiger partial charge on any atom is 0.372 e. The molecule has 0 unspecified atom stereocenters. The van der Waals surface area contributed by atoms with E-state index in [0.717, 1.165) is 6.07 Å². The molecule has 1 heterocycles. The third kappa shape index (κ3) is 3.64. The number of hydrogen-bond donors (Lipinski definition) is 2. The molecule has 0 aliphatic heterocycles. The molecule has 28 heavy (non-hydrogen) atoms. The van der Waals surface area contributed by atoms with Crippen molar-refractivity contribution in [3.05, 3.63) is 62.6 Å². The van der Waals surface area contributed by atoms with Gasteiger partial charge >= 0.3 is 5.97 Å². The van der Waals surface area contributed by atoms with Gasteiger partial charge in [0.05, 0.1) is 10.6 Å². The van der Waals surface area contributed by atoms with Crippen molar-refractivity contribution in [3.63, 3.8) is 0 Å². The predicted molar refractivity (Wildman–Crippen MR) is 99.6 cm³/mol. The lowest BCUT2D eigenvalue weighted by atomic mass is 9.75. The Labute approximate surface area is 160 Å². The number of carboxylic acids is 1. The number of non-ortho nitro benzene ring substituents is 1. The van der Waals surface area contributed by atoms with Crippen LogP contribution in [0.25, 0.3) is 0 Å². The minimum absolute atomic E-state index is 0.101. The van der Waals surface area contributed by atoms with Crippen molar-refractivity contribution in [2.75, 3.05) is 0 Å². The van der Waals surface area contributed by atoms with Crippen molar-refractivity contribution in [2.45, 2.75) is 33.6 Å². The van der Waals surface area contributed by atoms with E-state index in [4.69, 9.17) is 4.42 Å². The maximum absolute atomic E-state index is 12.4. The molecule has 0 spiro atoms. The summed E-state index contributed by atoms with van der Waals surface area (Å²) in [4.78, 5) is 34.1. The molecule has 9 heteroatoms. The summed E-state index contributed by atoms with van der Waals surface area (Å²) >= 11 is 0. The van der Waals surface area contributed by atoms with Crippen LogP contribution in [0.2, 0.25) is 0 Å². The summed E-state index contributed by atoms with van der Waals surface area (Å²) in [5.74, 6) is -1.37. The Morgan fingerprint density at radius 3 is 2.68 bits per heavy atom. The fraction of sp³-hybridized carbons (Fsp3) is 0.316. The summed E-state index contributed by atoms with van der Waals surface area (Å²) in [7, 11) is 0. The van der Waals surface area contributed by atoms with Crippen molar-refractivity contribution in [3.8, 4) is 0 Å². The van der Waals surface area contributed by atoms with Gasteiger partial charge in [0.25, 0.3) is 11.6 Å². The Balaban J connectivity index is 1.94. The zero-order valence-corrected chi connectivity index (χ0v) is 15.6. The minimum atomic E-state index is -1.16. The minimum Gasteiger partial charge on any atom is -0.475 e. The molecule has 1 aromatic heterocycles. The van der Waals surface area contributed by atoms with Crippen molar-refractivity contribution in [2.24, 2.45) is 10.5 Å². The second-order valence-corrected chi connectivity index (χ2v) is 7.48. The first-order valence-corrected chi connectivity index (χ1v) is 8.56. The molecule has 146 valence electrons. The van der Waals surface area contributed by atoms with Gasteiger partial charge in [-0.3, -0.25) is 14.9 Å². The van der Waals surface area contributed by atoms with Crippen molar-refractivity contribution in [1.29, 1.82) is 0 Å². The van der Waals surface area contributed by atoms with Gasteiger partial charge in [-0.2, -0.15) is 5.10 Å². The van der Waals surface area contributed by atoms with Gasteiger partial charge in [0.15, 0.2) is 0 Å². The molecule has 9 nitrogen and oxygen atoms in total. The quantitative estimate of drug-likeness (QED) is 0.612. The van der Waals surface area contributed by atoms with E-state index >= 15 is 0 Å². The van der Waals surface area contributed by atoms with E-state index in [1.165, 1.54) is 18.2 Å². The van der Waals surface area contributed by atoms with Gasteiger partial charge in [0.2, 0.25) is 5.76 Å². The lowest BCUT2D eigenvalue weighted by molar-refractivity contribution is -0.384. The number of nitro benzene ring substituents is 1. The molecule has 0 radical (unpaired) electrons. The lowest BCUT2D eigenvalue weighted by Crippen LogP contribution is -2.29. The Hall–Kier alpha value is -3.49. The molecule has 2 N–H and O–H groups in total. The number of nitro groups is 1. The fourth-order valence-electron chi connectivity index (χ4n) is 3.36. The number of furan rings is 1. The van der Waals surface area contributed by atoms with Gasteiger partial charge in [-0.05, 0) is 24.8 Å². The van der Waals surface area contributed by atoms with E-state index in [2.05, 4.69) is 10.5 Å². The summed E-state index contributed by atoms with van der Waals surface area (Å²) in [6.07, 6.45) is 1.06. The number of hydrazone groups is 1. The number of carbonyl (C=O) groups is 2. The van der Waals surface area contributed by atoms with E-state index in [9.17, 15) is 24.8 Å². The molecule has 3 rings (SSSR count). The summed E-state index contributed by atoms with van der Waals surface area (Å²) in [5, 5.41) is 24.4. The first kappa shape index (κ1) is 19.3. The molecular formula is C19H19N3O6. The monoisotopic (exact) mass is 385 g/mol. The number of amides is 1. The molecule has 1 aromatic carbocycles. The molecule has 1 aliphatic carbocycles. The molecule has 0 fully saturated rings. The second-order valence-electron chi connectivity index (χ2n) is 7.48. The number of nitrogens with zero attached hydrogens (tertiary/aromatic N) is 2. The molecule has 1 aliphatic rings. The van der Waals surface area contributed by atoms with E-state index < -0.39 is 16.8 Å². The molecule has 0 saturated heterocycles. The zero-order chi connectivity index (χ0) is 20.6. The number of nitrogens with one attached hydrogen (secondary N) is 1. The predicted octanol–water partition coefficient (Wildman–Crippen LogP) is 3.30. The van der Waals surface area contributed by atoms with Gasteiger partial charge in [-0.25, -0.2) is 10.2 Å². The van der Waals surface area contributed by atoms with Crippen LogP contribution in [-0.2, 0) is 6.42 Å². The highest BCUT2D eigenvalue weighted by Crippen LogP contribution is 2.38. The number of rotatable bonds is 4. The lowest BCUT2D eigenvalue weighted by Gasteiger charge is -2.29. The van der Waals surface area contributed by atoms with Crippen LogP contribution >= 0.6 is 0 Å². The van der Waals surface area contributed by atoms with E-state index in [0.29, 0.717) is 35.4 Å². The van der Waals surface area contributed by atoms with Gasteiger partial charge in [0.1, 0.15) is 5.76 Å². The van der Waals surface area contributed by atoms with E-state index in [1.54, 1.807) is 6.92 Å². The molecule has 0 atom stereocenters. The Bertz CT molecular complexity index is 1020. The van der Waals surface area contributed by atoms with Gasteiger partial charge in [0, 0.05) is 35.2 Å². The third-order valence-electron chi connectivity index (χ3n) is 4.60. The molecule has 1 amide bonds.